The number of ether oxygens (including phenoxy) is 1. The fourth-order valence-corrected chi connectivity index (χ4v) is 7.77. The first kappa shape index (κ1) is 20.8. The quantitative estimate of drug-likeness (QED) is 0.570. The maximum absolute atomic E-state index is 12.7. The molecule has 2 bridgehead atoms. The average molecular weight is 440 g/mol. The molecule has 0 aromatic heterocycles. The first-order valence-corrected chi connectivity index (χ1v) is 12.8. The van der Waals surface area contributed by atoms with Gasteiger partial charge in [0.15, 0.2) is 11.5 Å². The molecule has 1 spiro atoms. The largest absolute Gasteiger partial charge is 0.504 e. The lowest BCUT2D eigenvalue weighted by Gasteiger charge is -2.66. The molecule has 0 radical (unpaired) electrons. The minimum Gasteiger partial charge on any atom is -0.504 e. The molecule has 1 amide bonds. The highest BCUT2D eigenvalue weighted by molar-refractivity contribution is 5.76. The third kappa shape index (κ3) is 2.75. The summed E-state index contributed by atoms with van der Waals surface area (Å²) in [5.74, 6) is 1.80. The molecule has 2 aliphatic heterocycles. The predicted octanol–water partition coefficient (Wildman–Crippen LogP) is 2.86. The number of hydrogen-bond acceptors (Lipinski definition) is 5. The van der Waals surface area contributed by atoms with Crippen molar-refractivity contribution in [3.8, 4) is 11.5 Å². The van der Waals surface area contributed by atoms with E-state index in [1.54, 1.807) is 6.92 Å². The van der Waals surface area contributed by atoms with Crippen LogP contribution in [0.1, 0.15) is 69.9 Å². The van der Waals surface area contributed by atoms with Crippen LogP contribution in [0.2, 0.25) is 0 Å². The number of hydrogen-bond donors (Lipinski definition) is 3. The van der Waals surface area contributed by atoms with Gasteiger partial charge in [0.2, 0.25) is 5.91 Å². The number of phenols is 1. The van der Waals surface area contributed by atoms with E-state index < -0.39 is 0 Å². The number of unbranched alkanes of at least 4 members (excludes halogenated alkanes) is 1. The van der Waals surface area contributed by atoms with Gasteiger partial charge in [-0.2, -0.15) is 0 Å². The molecule has 5 atom stereocenters. The van der Waals surface area contributed by atoms with Crippen LogP contribution in [0.4, 0.5) is 0 Å². The molecule has 1 aromatic carbocycles. The van der Waals surface area contributed by atoms with E-state index in [4.69, 9.17) is 4.74 Å². The molecule has 3 aliphatic carbocycles. The summed E-state index contributed by atoms with van der Waals surface area (Å²) in [6.45, 7) is 7.06. The van der Waals surface area contributed by atoms with Crippen LogP contribution in [0.5, 0.6) is 11.5 Å². The summed E-state index contributed by atoms with van der Waals surface area (Å²) in [6.07, 6.45) is 8.75. The van der Waals surface area contributed by atoms with Crippen molar-refractivity contribution in [1.29, 1.82) is 0 Å². The van der Waals surface area contributed by atoms with Crippen LogP contribution < -0.4 is 15.4 Å². The fourth-order valence-electron chi connectivity index (χ4n) is 7.77. The lowest BCUT2D eigenvalue weighted by atomic mass is 9.46. The van der Waals surface area contributed by atoms with Crippen molar-refractivity contribution in [1.82, 2.24) is 15.5 Å². The molecule has 5 aliphatic rings. The number of benzene rings is 1. The van der Waals surface area contributed by atoms with Crippen LogP contribution >= 0.6 is 0 Å². The molecular weight excluding hydrogens is 402 g/mol. The number of nitrogens with zero attached hydrogens (tertiary/aromatic N) is 1. The SMILES string of the molecule is CCCCN[C@H]1CC[C@@]2(NC(C)=O)[C@H]3Cc4ccc(O)c5c4[C@@]2(CCN3CC2CC2)[C@H]1O5. The van der Waals surface area contributed by atoms with Crippen molar-refractivity contribution in [2.75, 3.05) is 19.6 Å². The van der Waals surface area contributed by atoms with Gasteiger partial charge in [-0.25, -0.2) is 0 Å². The molecule has 2 saturated carbocycles. The first-order valence-electron chi connectivity index (χ1n) is 12.8. The van der Waals surface area contributed by atoms with Crippen LogP contribution in [0, 0.1) is 5.92 Å². The lowest BCUT2D eigenvalue weighted by molar-refractivity contribution is -0.135. The summed E-state index contributed by atoms with van der Waals surface area (Å²) in [5, 5.41) is 18.2. The van der Waals surface area contributed by atoms with Crippen molar-refractivity contribution in [3.63, 3.8) is 0 Å². The van der Waals surface area contributed by atoms with Crippen molar-refractivity contribution in [3.05, 3.63) is 23.3 Å². The smallest absolute Gasteiger partial charge is 0.217 e. The third-order valence-electron chi connectivity index (χ3n) is 9.15. The molecule has 3 fully saturated rings. The van der Waals surface area contributed by atoms with E-state index in [1.165, 1.54) is 24.0 Å². The number of amides is 1. The number of carbonyl (C=O) groups is 1. The Hall–Kier alpha value is -1.79. The molecule has 6 nitrogen and oxygen atoms in total. The summed E-state index contributed by atoms with van der Waals surface area (Å²) >= 11 is 0. The second kappa shape index (κ2) is 7.36. The standard InChI is InChI=1S/C26H37N3O3/c1-3-4-12-27-19-9-10-26(28-16(2)30)21-14-18-7-8-20(31)23-22(18)25(26,24(19)32-23)11-13-29(21)15-17-5-6-17/h7-8,17,19,21,24,27,31H,3-6,9-15H2,1-2H3,(H,28,30)/t19-,21+,24-,25-,26+/m0/s1. The van der Waals surface area contributed by atoms with Gasteiger partial charge < -0.3 is 20.5 Å². The summed E-state index contributed by atoms with van der Waals surface area (Å²) in [7, 11) is 0. The summed E-state index contributed by atoms with van der Waals surface area (Å²) in [5.41, 5.74) is 1.88. The van der Waals surface area contributed by atoms with Crippen LogP contribution in [0.15, 0.2) is 12.1 Å². The number of rotatable bonds is 7. The van der Waals surface area contributed by atoms with Crippen molar-refractivity contribution < 1.29 is 14.6 Å². The predicted molar refractivity (Wildman–Crippen MR) is 123 cm³/mol. The Morgan fingerprint density at radius 3 is 2.88 bits per heavy atom. The Morgan fingerprint density at radius 1 is 1.28 bits per heavy atom. The van der Waals surface area contributed by atoms with Gasteiger partial charge in [-0.05, 0) is 75.6 Å². The molecule has 0 unspecified atom stereocenters. The molecular formula is C26H37N3O3. The fraction of sp³-hybridized carbons (Fsp3) is 0.731. The highest BCUT2D eigenvalue weighted by Gasteiger charge is 2.73. The normalized spacial score (nSPS) is 37.0. The monoisotopic (exact) mass is 439 g/mol. The number of likely N-dealkylation sites (tertiary alicyclic amines) is 1. The van der Waals surface area contributed by atoms with Crippen LogP contribution in [-0.4, -0.2) is 59.3 Å². The van der Waals surface area contributed by atoms with E-state index in [0.29, 0.717) is 5.75 Å². The van der Waals surface area contributed by atoms with Gasteiger partial charge in [0.05, 0.1) is 11.0 Å². The molecule has 6 rings (SSSR count). The molecule has 1 saturated heterocycles. The van der Waals surface area contributed by atoms with Gasteiger partial charge in [-0.15, -0.1) is 0 Å². The number of carbonyl (C=O) groups excluding carboxylic acids is 1. The summed E-state index contributed by atoms with van der Waals surface area (Å²) in [6, 6.07) is 4.44. The molecule has 6 heteroatoms. The lowest BCUT2D eigenvalue weighted by Crippen LogP contribution is -2.82. The van der Waals surface area contributed by atoms with Gasteiger partial charge in [0, 0.05) is 31.1 Å². The van der Waals surface area contributed by atoms with Gasteiger partial charge in [-0.3, -0.25) is 9.69 Å². The van der Waals surface area contributed by atoms with Crippen molar-refractivity contribution >= 4 is 5.91 Å². The van der Waals surface area contributed by atoms with E-state index in [0.717, 1.165) is 64.1 Å². The Morgan fingerprint density at radius 2 is 2.12 bits per heavy atom. The van der Waals surface area contributed by atoms with Crippen LogP contribution in [0.25, 0.3) is 0 Å². The minimum atomic E-state index is -0.342. The summed E-state index contributed by atoms with van der Waals surface area (Å²) in [4.78, 5) is 15.4. The minimum absolute atomic E-state index is 0.0517. The second-order valence-corrected chi connectivity index (χ2v) is 11.0. The number of piperidine rings is 1. The highest BCUT2D eigenvalue weighted by Crippen LogP contribution is 2.65. The zero-order valence-electron chi connectivity index (χ0n) is 19.5. The van der Waals surface area contributed by atoms with Gasteiger partial charge in [0.1, 0.15) is 6.10 Å². The van der Waals surface area contributed by atoms with E-state index in [2.05, 4.69) is 28.5 Å². The Balaban J connectivity index is 1.50. The molecule has 174 valence electrons. The maximum Gasteiger partial charge on any atom is 0.217 e. The zero-order valence-corrected chi connectivity index (χ0v) is 19.5. The van der Waals surface area contributed by atoms with Gasteiger partial charge in [0.25, 0.3) is 0 Å². The Kier molecular flexibility index (Phi) is 4.78. The van der Waals surface area contributed by atoms with Crippen molar-refractivity contribution in [2.24, 2.45) is 5.92 Å². The first-order chi connectivity index (χ1) is 15.5. The average Bonchev–Trinajstić information content (AvgIpc) is 3.50. The van der Waals surface area contributed by atoms with Crippen LogP contribution in [0.3, 0.4) is 0 Å². The topological polar surface area (TPSA) is 73.8 Å². The zero-order chi connectivity index (χ0) is 22.1. The Bertz CT molecular complexity index is 931. The van der Waals surface area contributed by atoms with Gasteiger partial charge >= 0.3 is 0 Å². The maximum atomic E-state index is 12.7. The highest BCUT2D eigenvalue weighted by atomic mass is 16.5. The number of aromatic hydroxyl groups is 1. The number of phenolic OH excluding ortho intramolecular Hbond substituents is 1. The molecule has 2 heterocycles. The van der Waals surface area contributed by atoms with Gasteiger partial charge in [-0.1, -0.05) is 19.4 Å². The van der Waals surface area contributed by atoms with E-state index >= 15 is 0 Å². The van der Waals surface area contributed by atoms with Crippen LogP contribution in [-0.2, 0) is 16.6 Å². The Labute approximate surface area is 191 Å². The van der Waals surface area contributed by atoms with E-state index in [1.807, 2.05) is 6.07 Å². The van der Waals surface area contributed by atoms with E-state index in [-0.39, 0.29) is 40.8 Å². The van der Waals surface area contributed by atoms with Crippen molar-refractivity contribution in [2.45, 2.75) is 94.4 Å². The van der Waals surface area contributed by atoms with E-state index in [9.17, 15) is 9.90 Å². The third-order valence-corrected chi connectivity index (χ3v) is 9.15. The molecule has 1 aromatic rings. The number of nitrogens with one attached hydrogen (secondary N) is 2. The molecule has 3 N–H and O–H groups in total. The summed E-state index contributed by atoms with van der Waals surface area (Å²) < 4.78 is 6.71. The second-order valence-electron chi connectivity index (χ2n) is 11.0. The molecule has 32 heavy (non-hydrogen) atoms.